The lowest BCUT2D eigenvalue weighted by Gasteiger charge is -2.22. The summed E-state index contributed by atoms with van der Waals surface area (Å²) >= 11 is 0. The second kappa shape index (κ2) is 10.1. The molecule has 0 radical (unpaired) electrons. The Balaban J connectivity index is 0.00000261. The smallest absolute Gasteiger partial charge is 0.272 e. The number of rotatable bonds is 6. The third-order valence-electron chi connectivity index (χ3n) is 4.51. The average Bonchev–Trinajstić information content (AvgIpc) is 3.17. The standard InChI is InChI=1S/C19H25N5O2.ClH/c1-2-14-5-3-6-15(11-14)22-18(25)13-21-19(26)17-8-10-24(23-17)16-7-4-9-20-12-16;/h3,5-6,8,10-11,16,20H,2,4,7,9,12-13H2,1H3,(H,21,26)(H,22,25);1H. The van der Waals surface area contributed by atoms with Gasteiger partial charge in [0.2, 0.25) is 5.91 Å². The van der Waals surface area contributed by atoms with Crippen LogP contribution in [0, 0.1) is 0 Å². The van der Waals surface area contributed by atoms with Crippen LogP contribution in [0.1, 0.15) is 41.9 Å². The first-order valence-corrected chi connectivity index (χ1v) is 9.08. The Labute approximate surface area is 165 Å². The summed E-state index contributed by atoms with van der Waals surface area (Å²) in [6, 6.07) is 9.64. The van der Waals surface area contributed by atoms with E-state index in [2.05, 4.69) is 28.0 Å². The molecule has 1 fully saturated rings. The minimum Gasteiger partial charge on any atom is -0.342 e. The van der Waals surface area contributed by atoms with Crippen LogP contribution in [0.15, 0.2) is 36.5 Å². The Morgan fingerprint density at radius 3 is 2.93 bits per heavy atom. The van der Waals surface area contributed by atoms with Crippen LogP contribution in [0.3, 0.4) is 0 Å². The molecule has 27 heavy (non-hydrogen) atoms. The molecule has 1 aliphatic rings. The molecule has 1 aromatic carbocycles. The molecule has 1 aromatic heterocycles. The molecular formula is C19H26ClN5O2. The summed E-state index contributed by atoms with van der Waals surface area (Å²) in [5, 5.41) is 13.1. The second-order valence-corrected chi connectivity index (χ2v) is 6.47. The summed E-state index contributed by atoms with van der Waals surface area (Å²) < 4.78 is 1.83. The monoisotopic (exact) mass is 391 g/mol. The van der Waals surface area contributed by atoms with E-state index in [0.29, 0.717) is 5.69 Å². The Hall–Kier alpha value is -2.38. The lowest BCUT2D eigenvalue weighted by atomic mass is 10.1. The van der Waals surface area contributed by atoms with E-state index < -0.39 is 0 Å². The first kappa shape index (κ1) is 20.9. The zero-order valence-electron chi connectivity index (χ0n) is 15.4. The van der Waals surface area contributed by atoms with Crippen molar-refractivity contribution in [2.45, 2.75) is 32.2 Å². The Morgan fingerprint density at radius 1 is 1.33 bits per heavy atom. The molecule has 1 atom stereocenters. The third-order valence-corrected chi connectivity index (χ3v) is 4.51. The lowest BCUT2D eigenvalue weighted by Crippen LogP contribution is -2.34. The Bertz CT molecular complexity index is 771. The highest BCUT2D eigenvalue weighted by Gasteiger charge is 2.18. The molecule has 3 rings (SSSR count). The molecule has 1 aliphatic heterocycles. The SMILES string of the molecule is CCc1cccc(NC(=O)CNC(=O)c2ccn(C3CCCNC3)n2)c1.Cl. The van der Waals surface area contributed by atoms with E-state index >= 15 is 0 Å². The van der Waals surface area contributed by atoms with Crippen LogP contribution in [0.5, 0.6) is 0 Å². The number of anilines is 1. The number of carbonyl (C=O) groups excluding carboxylic acids is 2. The van der Waals surface area contributed by atoms with Gasteiger partial charge in [0.1, 0.15) is 5.69 Å². The van der Waals surface area contributed by atoms with Gasteiger partial charge in [-0.2, -0.15) is 5.10 Å². The Morgan fingerprint density at radius 2 is 2.19 bits per heavy atom. The molecule has 0 saturated carbocycles. The molecule has 2 aromatic rings. The molecule has 3 N–H and O–H groups in total. The van der Waals surface area contributed by atoms with E-state index in [1.165, 1.54) is 0 Å². The first-order chi connectivity index (χ1) is 12.7. The van der Waals surface area contributed by atoms with Crippen molar-refractivity contribution in [1.82, 2.24) is 20.4 Å². The van der Waals surface area contributed by atoms with Crippen molar-refractivity contribution < 1.29 is 9.59 Å². The molecule has 0 aliphatic carbocycles. The van der Waals surface area contributed by atoms with Crippen molar-refractivity contribution in [3.8, 4) is 0 Å². The molecule has 0 bridgehead atoms. The van der Waals surface area contributed by atoms with E-state index in [-0.39, 0.29) is 36.8 Å². The number of hydrogen-bond acceptors (Lipinski definition) is 4. The van der Waals surface area contributed by atoms with E-state index in [1.807, 2.05) is 35.1 Å². The maximum atomic E-state index is 12.2. The number of nitrogens with one attached hydrogen (secondary N) is 3. The number of amides is 2. The normalized spacial score (nSPS) is 16.3. The van der Waals surface area contributed by atoms with Crippen LogP contribution in [-0.4, -0.2) is 41.2 Å². The molecule has 7 nitrogen and oxygen atoms in total. The summed E-state index contributed by atoms with van der Waals surface area (Å²) in [6.07, 6.45) is 4.88. The maximum absolute atomic E-state index is 12.2. The van der Waals surface area contributed by atoms with Crippen LogP contribution in [-0.2, 0) is 11.2 Å². The predicted molar refractivity (Wildman–Crippen MR) is 107 cm³/mol. The van der Waals surface area contributed by atoms with E-state index in [4.69, 9.17) is 0 Å². The largest absolute Gasteiger partial charge is 0.342 e. The van der Waals surface area contributed by atoms with Crippen molar-refractivity contribution in [2.24, 2.45) is 0 Å². The van der Waals surface area contributed by atoms with Gasteiger partial charge in [-0.15, -0.1) is 12.4 Å². The Kier molecular flexibility index (Phi) is 7.82. The molecule has 8 heteroatoms. The van der Waals surface area contributed by atoms with Gasteiger partial charge in [-0.1, -0.05) is 19.1 Å². The highest BCUT2D eigenvalue weighted by Crippen LogP contribution is 2.15. The fraction of sp³-hybridized carbons (Fsp3) is 0.421. The average molecular weight is 392 g/mol. The van der Waals surface area contributed by atoms with E-state index in [0.717, 1.165) is 43.6 Å². The van der Waals surface area contributed by atoms with Gasteiger partial charge >= 0.3 is 0 Å². The van der Waals surface area contributed by atoms with Gasteiger partial charge in [0.15, 0.2) is 0 Å². The number of hydrogen-bond donors (Lipinski definition) is 3. The van der Waals surface area contributed by atoms with Gasteiger partial charge in [0, 0.05) is 18.4 Å². The number of benzene rings is 1. The number of aromatic nitrogens is 2. The van der Waals surface area contributed by atoms with Crippen molar-refractivity contribution in [1.29, 1.82) is 0 Å². The summed E-state index contributed by atoms with van der Waals surface area (Å²) in [6.45, 7) is 3.86. The van der Waals surface area contributed by atoms with Crippen molar-refractivity contribution in [3.05, 3.63) is 47.8 Å². The number of halogens is 1. The van der Waals surface area contributed by atoms with Crippen LogP contribution >= 0.6 is 12.4 Å². The minimum atomic E-state index is -0.343. The maximum Gasteiger partial charge on any atom is 0.272 e. The fourth-order valence-corrected chi connectivity index (χ4v) is 3.05. The highest BCUT2D eigenvalue weighted by atomic mass is 35.5. The van der Waals surface area contributed by atoms with Crippen molar-refractivity contribution in [2.75, 3.05) is 25.0 Å². The quantitative estimate of drug-likeness (QED) is 0.704. The first-order valence-electron chi connectivity index (χ1n) is 9.08. The third kappa shape index (κ3) is 5.80. The molecule has 146 valence electrons. The zero-order valence-corrected chi connectivity index (χ0v) is 16.2. The van der Waals surface area contributed by atoms with Crippen LogP contribution < -0.4 is 16.0 Å². The number of aryl methyl sites for hydroxylation is 1. The highest BCUT2D eigenvalue weighted by molar-refractivity contribution is 5.98. The summed E-state index contributed by atoms with van der Waals surface area (Å²) in [4.78, 5) is 24.3. The summed E-state index contributed by atoms with van der Waals surface area (Å²) in [7, 11) is 0. The minimum absolute atomic E-state index is 0. The molecule has 1 unspecified atom stereocenters. The number of carbonyl (C=O) groups is 2. The van der Waals surface area contributed by atoms with Gasteiger partial charge < -0.3 is 16.0 Å². The number of piperidine rings is 1. The van der Waals surface area contributed by atoms with Gasteiger partial charge in [-0.05, 0) is 49.6 Å². The predicted octanol–water partition coefficient (Wildman–Crippen LogP) is 2.16. The summed E-state index contributed by atoms with van der Waals surface area (Å²) in [5.74, 6) is -0.604. The van der Waals surface area contributed by atoms with Gasteiger partial charge in [0.25, 0.3) is 5.91 Å². The topological polar surface area (TPSA) is 88.0 Å². The van der Waals surface area contributed by atoms with Gasteiger partial charge in [0.05, 0.1) is 12.6 Å². The van der Waals surface area contributed by atoms with E-state index in [1.54, 1.807) is 6.07 Å². The van der Waals surface area contributed by atoms with E-state index in [9.17, 15) is 9.59 Å². The molecule has 0 spiro atoms. The zero-order chi connectivity index (χ0) is 18.4. The van der Waals surface area contributed by atoms with Crippen LogP contribution in [0.2, 0.25) is 0 Å². The van der Waals surface area contributed by atoms with Crippen molar-refractivity contribution >= 4 is 29.9 Å². The lowest BCUT2D eigenvalue weighted by molar-refractivity contribution is -0.115. The molecular weight excluding hydrogens is 366 g/mol. The van der Waals surface area contributed by atoms with Crippen LogP contribution in [0.4, 0.5) is 5.69 Å². The molecule has 2 amide bonds. The summed E-state index contributed by atoms with van der Waals surface area (Å²) in [5.41, 5.74) is 2.21. The van der Waals surface area contributed by atoms with Gasteiger partial charge in [-0.25, -0.2) is 0 Å². The fourth-order valence-electron chi connectivity index (χ4n) is 3.05. The molecule has 1 saturated heterocycles. The molecule has 2 heterocycles. The van der Waals surface area contributed by atoms with Gasteiger partial charge in [-0.3, -0.25) is 14.3 Å². The van der Waals surface area contributed by atoms with Crippen LogP contribution in [0.25, 0.3) is 0 Å². The second-order valence-electron chi connectivity index (χ2n) is 6.47. The number of nitrogens with zero attached hydrogens (tertiary/aromatic N) is 2. The van der Waals surface area contributed by atoms with Crippen molar-refractivity contribution in [3.63, 3.8) is 0 Å².